The monoisotopic (exact) mass is 265 g/mol. The van der Waals surface area contributed by atoms with Crippen molar-refractivity contribution in [1.29, 1.82) is 0 Å². The van der Waals surface area contributed by atoms with Gasteiger partial charge in [0.05, 0.1) is 11.4 Å². The van der Waals surface area contributed by atoms with Gasteiger partial charge in [0.15, 0.2) is 0 Å². The molecule has 0 aliphatic carbocycles. The Morgan fingerprint density at radius 1 is 1.58 bits per heavy atom. The summed E-state index contributed by atoms with van der Waals surface area (Å²) in [5.74, 6) is -0.145. The van der Waals surface area contributed by atoms with Crippen LogP contribution in [0.15, 0.2) is 6.07 Å². The molecule has 19 heavy (non-hydrogen) atoms. The first-order chi connectivity index (χ1) is 9.08. The molecular weight excluding hydrogens is 242 g/mol. The molecule has 1 aromatic heterocycles. The number of likely N-dealkylation sites (tertiary alicyclic amines) is 1. The maximum atomic E-state index is 10.6. The smallest absolute Gasteiger partial charge is 0.303 e. The van der Waals surface area contributed by atoms with Crippen molar-refractivity contribution in [3.63, 3.8) is 0 Å². The van der Waals surface area contributed by atoms with E-state index in [2.05, 4.69) is 27.7 Å². The van der Waals surface area contributed by atoms with E-state index in [-0.39, 0.29) is 0 Å². The second kappa shape index (κ2) is 6.19. The van der Waals surface area contributed by atoms with Crippen molar-refractivity contribution in [3.05, 3.63) is 17.5 Å². The Hall–Kier alpha value is -1.36. The maximum Gasteiger partial charge on any atom is 0.303 e. The van der Waals surface area contributed by atoms with Gasteiger partial charge in [0.25, 0.3) is 0 Å². The standard InChI is InChI=1S/C14H23N3O2/c1-3-17-13(8-11(2)15-17)10-16-7-6-12(9-16)4-5-14(18)19/h8,12H,3-7,9-10H2,1-2H3,(H,18,19). The Morgan fingerprint density at radius 3 is 3.05 bits per heavy atom. The Balaban J connectivity index is 1.85. The lowest BCUT2D eigenvalue weighted by molar-refractivity contribution is -0.137. The van der Waals surface area contributed by atoms with Crippen LogP contribution >= 0.6 is 0 Å². The molecule has 0 spiro atoms. The van der Waals surface area contributed by atoms with Crippen LogP contribution in [0, 0.1) is 12.8 Å². The zero-order chi connectivity index (χ0) is 13.8. The summed E-state index contributed by atoms with van der Waals surface area (Å²) in [6, 6.07) is 2.15. The van der Waals surface area contributed by atoms with Crippen molar-refractivity contribution in [3.8, 4) is 0 Å². The van der Waals surface area contributed by atoms with Crippen molar-refractivity contribution >= 4 is 5.97 Å². The third-order valence-corrected chi connectivity index (χ3v) is 3.81. The Bertz CT molecular complexity index is 442. The largest absolute Gasteiger partial charge is 0.481 e. The first-order valence-corrected chi connectivity index (χ1v) is 7.06. The topological polar surface area (TPSA) is 58.4 Å². The van der Waals surface area contributed by atoms with Crippen LogP contribution < -0.4 is 0 Å². The molecule has 5 nitrogen and oxygen atoms in total. The summed E-state index contributed by atoms with van der Waals surface area (Å²) in [5.41, 5.74) is 2.33. The first kappa shape index (κ1) is 14.1. The average Bonchev–Trinajstić information content (AvgIpc) is 2.94. The molecule has 1 atom stereocenters. The number of aliphatic carboxylic acids is 1. The Labute approximate surface area is 114 Å². The quantitative estimate of drug-likeness (QED) is 0.853. The molecule has 1 aliphatic heterocycles. The molecule has 1 N–H and O–H groups in total. The second-order valence-electron chi connectivity index (χ2n) is 5.42. The molecule has 2 rings (SSSR count). The fourth-order valence-corrected chi connectivity index (χ4v) is 2.85. The third kappa shape index (κ3) is 3.80. The van der Waals surface area contributed by atoms with Crippen molar-refractivity contribution in [2.75, 3.05) is 13.1 Å². The second-order valence-corrected chi connectivity index (χ2v) is 5.42. The molecule has 106 valence electrons. The molecule has 0 aromatic carbocycles. The summed E-state index contributed by atoms with van der Waals surface area (Å²) in [6.45, 7) is 8.04. The van der Waals surface area contributed by atoms with Gasteiger partial charge in [-0.15, -0.1) is 0 Å². The highest BCUT2D eigenvalue weighted by Gasteiger charge is 2.23. The van der Waals surface area contributed by atoms with Gasteiger partial charge in [0.1, 0.15) is 0 Å². The first-order valence-electron chi connectivity index (χ1n) is 7.06. The zero-order valence-electron chi connectivity index (χ0n) is 11.8. The van der Waals surface area contributed by atoms with Gasteiger partial charge in [-0.05, 0) is 45.2 Å². The number of carboxylic acid groups (broad SMARTS) is 1. The molecule has 1 saturated heterocycles. The van der Waals surface area contributed by atoms with Crippen LogP contribution in [0.5, 0.6) is 0 Å². The van der Waals surface area contributed by atoms with Crippen LogP contribution in [-0.2, 0) is 17.9 Å². The predicted octanol–water partition coefficient (Wildman–Crippen LogP) is 1.90. The third-order valence-electron chi connectivity index (χ3n) is 3.81. The van der Waals surface area contributed by atoms with E-state index in [1.54, 1.807) is 0 Å². The van der Waals surface area contributed by atoms with E-state index in [0.717, 1.165) is 44.7 Å². The van der Waals surface area contributed by atoms with E-state index in [1.807, 2.05) is 6.92 Å². The minimum absolute atomic E-state index is 0.296. The van der Waals surface area contributed by atoms with Crippen molar-refractivity contribution in [1.82, 2.24) is 14.7 Å². The Kier molecular flexibility index (Phi) is 4.58. The van der Waals surface area contributed by atoms with Gasteiger partial charge in [0, 0.05) is 26.1 Å². The van der Waals surface area contributed by atoms with E-state index >= 15 is 0 Å². The molecule has 0 saturated carbocycles. The fourth-order valence-electron chi connectivity index (χ4n) is 2.85. The van der Waals surface area contributed by atoms with E-state index < -0.39 is 5.97 Å². The number of hydrogen-bond acceptors (Lipinski definition) is 3. The van der Waals surface area contributed by atoms with Crippen molar-refractivity contribution in [2.45, 2.75) is 46.2 Å². The lowest BCUT2D eigenvalue weighted by Crippen LogP contribution is -2.22. The number of hydrogen-bond donors (Lipinski definition) is 1. The van der Waals surface area contributed by atoms with Gasteiger partial charge >= 0.3 is 5.97 Å². The van der Waals surface area contributed by atoms with Gasteiger partial charge in [-0.1, -0.05) is 0 Å². The van der Waals surface area contributed by atoms with Crippen molar-refractivity contribution in [2.24, 2.45) is 5.92 Å². The minimum atomic E-state index is -0.682. The Morgan fingerprint density at radius 2 is 2.37 bits per heavy atom. The molecule has 2 heterocycles. The van der Waals surface area contributed by atoms with Gasteiger partial charge < -0.3 is 5.11 Å². The van der Waals surface area contributed by atoms with Crippen LogP contribution in [0.2, 0.25) is 0 Å². The molecular formula is C14H23N3O2. The van der Waals surface area contributed by atoms with Gasteiger partial charge in [-0.3, -0.25) is 14.4 Å². The van der Waals surface area contributed by atoms with Crippen LogP contribution in [0.3, 0.4) is 0 Å². The van der Waals surface area contributed by atoms with Crippen LogP contribution in [0.1, 0.15) is 37.6 Å². The number of aromatic nitrogens is 2. The van der Waals surface area contributed by atoms with Crippen LogP contribution in [-0.4, -0.2) is 38.8 Å². The lowest BCUT2D eigenvalue weighted by Gasteiger charge is -2.16. The molecule has 0 bridgehead atoms. The van der Waals surface area contributed by atoms with Crippen LogP contribution in [0.4, 0.5) is 0 Å². The summed E-state index contributed by atoms with van der Waals surface area (Å²) >= 11 is 0. The molecule has 1 unspecified atom stereocenters. The fraction of sp³-hybridized carbons (Fsp3) is 0.714. The summed E-state index contributed by atoms with van der Waals surface area (Å²) in [5, 5.41) is 13.2. The van der Waals surface area contributed by atoms with E-state index in [9.17, 15) is 4.79 Å². The molecule has 1 fully saturated rings. The molecule has 1 aromatic rings. The highest BCUT2D eigenvalue weighted by molar-refractivity contribution is 5.66. The SMILES string of the molecule is CCn1nc(C)cc1CN1CCC(CCC(=O)O)C1. The van der Waals surface area contributed by atoms with E-state index in [4.69, 9.17) is 5.11 Å². The lowest BCUT2D eigenvalue weighted by atomic mass is 10.0. The van der Waals surface area contributed by atoms with Gasteiger partial charge in [-0.2, -0.15) is 5.10 Å². The minimum Gasteiger partial charge on any atom is -0.481 e. The van der Waals surface area contributed by atoms with E-state index in [1.165, 1.54) is 5.69 Å². The molecule has 0 amide bonds. The molecule has 5 heteroatoms. The summed E-state index contributed by atoms with van der Waals surface area (Å²) in [6.07, 6.45) is 2.22. The normalized spacial score (nSPS) is 20.0. The van der Waals surface area contributed by atoms with E-state index in [0.29, 0.717) is 12.3 Å². The number of nitrogens with zero attached hydrogens (tertiary/aromatic N) is 3. The maximum absolute atomic E-state index is 10.6. The molecule has 1 aliphatic rings. The summed E-state index contributed by atoms with van der Waals surface area (Å²) in [7, 11) is 0. The number of carboxylic acids is 1. The predicted molar refractivity (Wildman–Crippen MR) is 72.9 cm³/mol. The molecule has 0 radical (unpaired) electrons. The highest BCUT2D eigenvalue weighted by Crippen LogP contribution is 2.22. The summed E-state index contributed by atoms with van der Waals surface area (Å²) in [4.78, 5) is 13.0. The van der Waals surface area contributed by atoms with Crippen LogP contribution in [0.25, 0.3) is 0 Å². The van der Waals surface area contributed by atoms with Gasteiger partial charge in [-0.25, -0.2) is 0 Å². The summed E-state index contributed by atoms with van der Waals surface area (Å²) < 4.78 is 2.06. The average molecular weight is 265 g/mol. The van der Waals surface area contributed by atoms with Gasteiger partial charge in [0.2, 0.25) is 0 Å². The number of rotatable bonds is 6. The highest BCUT2D eigenvalue weighted by atomic mass is 16.4. The zero-order valence-corrected chi connectivity index (χ0v) is 11.8. The number of aryl methyl sites for hydroxylation is 2. The van der Waals surface area contributed by atoms with Crippen molar-refractivity contribution < 1.29 is 9.90 Å². The number of carbonyl (C=O) groups is 1.